The predicted molar refractivity (Wildman–Crippen MR) is 102 cm³/mol. The van der Waals surface area contributed by atoms with Crippen LogP contribution in [-0.4, -0.2) is 45.6 Å². The number of carboxylic acids is 1. The first-order chi connectivity index (χ1) is 13.5. The number of aromatic hydroxyl groups is 1. The highest BCUT2D eigenvalue weighted by Crippen LogP contribution is 2.28. The van der Waals surface area contributed by atoms with Gasteiger partial charge in [-0.25, -0.2) is 9.59 Å². The van der Waals surface area contributed by atoms with Gasteiger partial charge in [0.05, 0.1) is 5.69 Å². The largest absolute Gasteiger partial charge is 0.506 e. The zero-order valence-corrected chi connectivity index (χ0v) is 15.1. The number of aliphatic carboxylic acids is 1. The number of hydrogen-bond donors (Lipinski definition) is 4. The first-order valence-corrected chi connectivity index (χ1v) is 8.92. The van der Waals surface area contributed by atoms with Crippen LogP contribution in [0.25, 0.3) is 0 Å². The fourth-order valence-corrected chi connectivity index (χ4v) is 3.19. The van der Waals surface area contributed by atoms with Gasteiger partial charge in [0.25, 0.3) is 5.91 Å². The molecule has 0 aromatic heterocycles. The third-order valence-corrected chi connectivity index (χ3v) is 4.63. The van der Waals surface area contributed by atoms with E-state index in [1.54, 1.807) is 42.5 Å². The average Bonchev–Trinajstić information content (AvgIpc) is 3.19. The smallest absolute Gasteiger partial charge is 0.326 e. The summed E-state index contributed by atoms with van der Waals surface area (Å²) in [5.74, 6) is -1.54. The fourth-order valence-electron chi connectivity index (χ4n) is 3.19. The number of nitrogens with one attached hydrogen (secondary N) is 2. The summed E-state index contributed by atoms with van der Waals surface area (Å²) in [4.78, 5) is 37.3. The maximum absolute atomic E-state index is 12.4. The highest BCUT2D eigenvalue weighted by molar-refractivity contribution is 6.05. The van der Waals surface area contributed by atoms with Crippen molar-refractivity contribution in [2.75, 3.05) is 11.9 Å². The first kappa shape index (κ1) is 19.2. The van der Waals surface area contributed by atoms with E-state index in [4.69, 9.17) is 0 Å². The number of anilines is 1. The lowest BCUT2D eigenvalue weighted by Gasteiger charge is -2.22. The third kappa shape index (κ3) is 4.22. The Morgan fingerprint density at radius 2 is 1.82 bits per heavy atom. The SMILES string of the molecule is O=C(Nc1c(O)cccc1CNC(=O)N1CCC[C@H]1C(=O)O)c1ccccc1. The second-order valence-electron chi connectivity index (χ2n) is 6.48. The molecule has 0 saturated carbocycles. The molecule has 2 aromatic rings. The van der Waals surface area contributed by atoms with Gasteiger partial charge >= 0.3 is 12.0 Å². The van der Waals surface area contributed by atoms with Crippen LogP contribution in [0.1, 0.15) is 28.8 Å². The molecule has 1 atom stereocenters. The molecule has 0 spiro atoms. The number of phenols is 1. The van der Waals surface area contributed by atoms with Crippen LogP contribution in [0.2, 0.25) is 0 Å². The predicted octanol–water partition coefficient (Wildman–Crippen LogP) is 2.40. The Morgan fingerprint density at radius 3 is 2.54 bits per heavy atom. The van der Waals surface area contributed by atoms with Crippen molar-refractivity contribution >= 4 is 23.6 Å². The number of para-hydroxylation sites is 1. The lowest BCUT2D eigenvalue weighted by molar-refractivity contribution is -0.141. The number of carbonyl (C=O) groups excluding carboxylic acids is 2. The average molecular weight is 383 g/mol. The van der Waals surface area contributed by atoms with E-state index in [0.29, 0.717) is 30.5 Å². The Kier molecular flexibility index (Phi) is 5.78. The summed E-state index contributed by atoms with van der Waals surface area (Å²) in [7, 11) is 0. The highest BCUT2D eigenvalue weighted by Gasteiger charge is 2.33. The van der Waals surface area contributed by atoms with Crippen LogP contribution in [0.5, 0.6) is 5.75 Å². The Morgan fingerprint density at radius 1 is 1.07 bits per heavy atom. The van der Waals surface area contributed by atoms with Gasteiger partial charge in [-0.05, 0) is 36.6 Å². The van der Waals surface area contributed by atoms with Crippen molar-refractivity contribution in [1.82, 2.24) is 10.2 Å². The van der Waals surface area contributed by atoms with Gasteiger partial charge in [-0.3, -0.25) is 4.79 Å². The molecule has 1 heterocycles. The Hall–Kier alpha value is -3.55. The van der Waals surface area contributed by atoms with Crippen LogP contribution < -0.4 is 10.6 Å². The van der Waals surface area contributed by atoms with Gasteiger partial charge in [-0.1, -0.05) is 30.3 Å². The van der Waals surface area contributed by atoms with Crippen molar-refractivity contribution in [2.45, 2.75) is 25.4 Å². The van der Waals surface area contributed by atoms with Gasteiger partial charge in [0.15, 0.2) is 0 Å². The molecule has 1 aliphatic rings. The molecule has 0 aliphatic carbocycles. The topological polar surface area (TPSA) is 119 Å². The van der Waals surface area contributed by atoms with E-state index in [1.165, 1.54) is 11.0 Å². The molecule has 28 heavy (non-hydrogen) atoms. The van der Waals surface area contributed by atoms with E-state index in [9.17, 15) is 24.6 Å². The quantitative estimate of drug-likeness (QED) is 0.591. The second-order valence-corrected chi connectivity index (χ2v) is 6.48. The number of nitrogens with zero attached hydrogens (tertiary/aromatic N) is 1. The summed E-state index contributed by atoms with van der Waals surface area (Å²) in [6.07, 6.45) is 1.06. The van der Waals surface area contributed by atoms with Gasteiger partial charge in [0, 0.05) is 18.7 Å². The van der Waals surface area contributed by atoms with Crippen LogP contribution in [0.4, 0.5) is 10.5 Å². The number of amides is 3. The number of rotatable bonds is 5. The minimum Gasteiger partial charge on any atom is -0.506 e. The zero-order chi connectivity index (χ0) is 20.1. The number of phenolic OH excluding ortho intramolecular Hbond substituents is 1. The lowest BCUT2D eigenvalue weighted by Crippen LogP contribution is -2.45. The van der Waals surface area contributed by atoms with E-state index >= 15 is 0 Å². The third-order valence-electron chi connectivity index (χ3n) is 4.63. The second kappa shape index (κ2) is 8.43. The zero-order valence-electron chi connectivity index (χ0n) is 15.1. The number of benzene rings is 2. The molecule has 2 aromatic carbocycles. The van der Waals surface area contributed by atoms with Crippen molar-refractivity contribution in [3.8, 4) is 5.75 Å². The van der Waals surface area contributed by atoms with Crippen molar-refractivity contribution in [3.05, 3.63) is 59.7 Å². The van der Waals surface area contributed by atoms with Crippen LogP contribution in [0, 0.1) is 0 Å². The van der Waals surface area contributed by atoms with Crippen LogP contribution in [0.3, 0.4) is 0 Å². The number of carbonyl (C=O) groups is 3. The first-order valence-electron chi connectivity index (χ1n) is 8.92. The molecule has 3 amide bonds. The van der Waals surface area contributed by atoms with Crippen molar-refractivity contribution in [1.29, 1.82) is 0 Å². The molecule has 8 heteroatoms. The van der Waals surface area contributed by atoms with Gasteiger partial charge in [0.1, 0.15) is 11.8 Å². The van der Waals surface area contributed by atoms with Crippen molar-refractivity contribution < 1.29 is 24.6 Å². The van der Waals surface area contributed by atoms with E-state index in [2.05, 4.69) is 10.6 Å². The Balaban J connectivity index is 1.71. The molecular formula is C20H21N3O5. The number of carboxylic acid groups (broad SMARTS) is 1. The van der Waals surface area contributed by atoms with E-state index in [-0.39, 0.29) is 23.9 Å². The molecule has 8 nitrogen and oxygen atoms in total. The molecule has 0 bridgehead atoms. The van der Waals surface area contributed by atoms with E-state index < -0.39 is 18.0 Å². The molecular weight excluding hydrogens is 362 g/mol. The minimum absolute atomic E-state index is 0.0282. The van der Waals surface area contributed by atoms with E-state index in [1.807, 2.05) is 0 Å². The van der Waals surface area contributed by atoms with Gasteiger partial charge in [0.2, 0.25) is 0 Å². The summed E-state index contributed by atoms with van der Waals surface area (Å²) in [5.41, 5.74) is 1.14. The molecule has 0 unspecified atom stereocenters. The summed E-state index contributed by atoms with van der Waals surface area (Å²) < 4.78 is 0. The van der Waals surface area contributed by atoms with Crippen molar-refractivity contribution in [3.63, 3.8) is 0 Å². The summed E-state index contributed by atoms with van der Waals surface area (Å²) >= 11 is 0. The van der Waals surface area contributed by atoms with Crippen molar-refractivity contribution in [2.24, 2.45) is 0 Å². The number of hydrogen-bond acceptors (Lipinski definition) is 4. The van der Waals surface area contributed by atoms with Crippen LogP contribution >= 0.6 is 0 Å². The fraction of sp³-hybridized carbons (Fsp3) is 0.250. The summed E-state index contributed by atoms with van der Waals surface area (Å²) in [6, 6.07) is 11.9. The molecule has 1 aliphatic heterocycles. The molecule has 1 saturated heterocycles. The normalized spacial score (nSPS) is 15.9. The molecule has 4 N–H and O–H groups in total. The number of urea groups is 1. The molecule has 1 fully saturated rings. The Labute approximate surface area is 161 Å². The molecule has 146 valence electrons. The Bertz CT molecular complexity index is 885. The van der Waals surface area contributed by atoms with Crippen LogP contribution in [0.15, 0.2) is 48.5 Å². The maximum Gasteiger partial charge on any atom is 0.326 e. The van der Waals surface area contributed by atoms with E-state index in [0.717, 1.165) is 0 Å². The summed E-state index contributed by atoms with van der Waals surface area (Å²) in [6.45, 7) is 0.404. The minimum atomic E-state index is -1.03. The van der Waals surface area contributed by atoms with Gasteiger partial charge in [-0.2, -0.15) is 0 Å². The van der Waals surface area contributed by atoms with Gasteiger partial charge in [-0.15, -0.1) is 0 Å². The standard InChI is InChI=1S/C20H21N3O5/c24-16-10-4-8-14(17(16)22-18(25)13-6-2-1-3-7-13)12-21-20(28)23-11-5-9-15(23)19(26)27/h1-4,6-8,10,15,24H,5,9,11-12H2,(H,21,28)(H,22,25)(H,26,27)/t15-/m0/s1. The van der Waals surface area contributed by atoms with Crippen LogP contribution in [-0.2, 0) is 11.3 Å². The maximum atomic E-state index is 12.4. The highest BCUT2D eigenvalue weighted by atomic mass is 16.4. The lowest BCUT2D eigenvalue weighted by atomic mass is 10.1. The summed E-state index contributed by atoms with van der Waals surface area (Å²) in [5, 5.41) is 24.7. The molecule has 3 rings (SSSR count). The molecule has 0 radical (unpaired) electrons. The monoisotopic (exact) mass is 383 g/mol. The number of likely N-dealkylation sites (tertiary alicyclic amines) is 1. The van der Waals surface area contributed by atoms with Gasteiger partial charge < -0.3 is 25.7 Å².